The maximum Gasteiger partial charge on any atom is 0.269 e. The molecule has 1 unspecified atom stereocenters. The number of non-ortho nitro benzene ring substituents is 1. The number of Topliss-reactive ketones (excluding diaryl/α,β-unsaturated/α-hetero) is 2. The number of phenolic OH excluding ortho intramolecular Hbond substituents is 2. The van der Waals surface area contributed by atoms with E-state index in [0.29, 0.717) is 5.69 Å². The minimum absolute atomic E-state index is 0.00428. The van der Waals surface area contributed by atoms with Gasteiger partial charge < -0.3 is 25.8 Å². The lowest BCUT2D eigenvalue weighted by molar-refractivity contribution is -0.384. The Labute approximate surface area is 198 Å². The summed E-state index contributed by atoms with van der Waals surface area (Å²) in [6.45, 7) is 5.57. The minimum atomic E-state index is -1.62. The van der Waals surface area contributed by atoms with Crippen molar-refractivity contribution in [2.24, 2.45) is 0 Å². The lowest BCUT2D eigenvalue weighted by Crippen LogP contribution is -2.41. The molecule has 4 N–H and O–H groups in total. The normalized spacial score (nSPS) is 19.8. The molecule has 2 aliphatic rings. The van der Waals surface area contributed by atoms with Gasteiger partial charge >= 0.3 is 0 Å². The summed E-state index contributed by atoms with van der Waals surface area (Å²) in [5.74, 6) is -2.97. The molecule has 0 saturated carbocycles. The smallest absolute Gasteiger partial charge is 0.269 e. The van der Waals surface area contributed by atoms with Crippen molar-refractivity contribution >= 4 is 28.7 Å². The lowest BCUT2D eigenvalue weighted by Gasteiger charge is -2.29. The molecule has 1 aliphatic heterocycles. The van der Waals surface area contributed by atoms with Crippen LogP contribution in [0.25, 0.3) is 0 Å². The third-order valence-corrected chi connectivity index (χ3v) is 6.23. The molecule has 11 heteroatoms. The van der Waals surface area contributed by atoms with Gasteiger partial charge in [0.2, 0.25) is 0 Å². The number of phenols is 2. The van der Waals surface area contributed by atoms with Gasteiger partial charge in [-0.3, -0.25) is 24.5 Å². The highest BCUT2D eigenvalue weighted by atomic mass is 16.6. The van der Waals surface area contributed by atoms with Crippen LogP contribution in [0.15, 0.2) is 47.4 Å². The van der Waals surface area contributed by atoms with E-state index < -0.39 is 39.2 Å². The van der Waals surface area contributed by atoms with Crippen LogP contribution in [0, 0.1) is 17.0 Å². The van der Waals surface area contributed by atoms with E-state index >= 15 is 0 Å². The van der Waals surface area contributed by atoms with Crippen molar-refractivity contribution in [1.29, 1.82) is 0 Å². The fourth-order valence-electron chi connectivity index (χ4n) is 4.26. The SMILES string of the molecule is CC(=O)c1c(O)c(C)c(O)c2c1OC1=CC(=O)/C(=C(\C)NNc3ccc([N+](=O)[O-])cc3)C(=O)C12C. The highest BCUT2D eigenvalue weighted by Crippen LogP contribution is 2.57. The van der Waals surface area contributed by atoms with Crippen molar-refractivity contribution in [3.63, 3.8) is 0 Å². The summed E-state index contributed by atoms with van der Waals surface area (Å²) in [6.07, 6.45) is 1.11. The van der Waals surface area contributed by atoms with Crippen molar-refractivity contribution in [1.82, 2.24) is 5.43 Å². The molecule has 4 rings (SSSR count). The number of aromatic hydroxyl groups is 2. The predicted molar refractivity (Wildman–Crippen MR) is 123 cm³/mol. The van der Waals surface area contributed by atoms with Crippen molar-refractivity contribution in [3.8, 4) is 17.2 Å². The summed E-state index contributed by atoms with van der Waals surface area (Å²) >= 11 is 0. The summed E-state index contributed by atoms with van der Waals surface area (Å²) in [5.41, 5.74) is 4.01. The van der Waals surface area contributed by atoms with Crippen LogP contribution >= 0.6 is 0 Å². The number of nitro groups is 1. The first-order chi connectivity index (χ1) is 16.4. The number of hydrazine groups is 1. The average molecular weight is 479 g/mol. The number of hydrogen-bond acceptors (Lipinski definition) is 10. The standard InChI is InChI=1S/C24H21N3O8/c1-10-20(30)18(12(3)28)22-19(21(10)31)24(4)16(35-22)9-15(29)17(23(24)32)11(2)25-26-13-5-7-14(8-6-13)27(33)34/h5-9,25-26,30-31H,1-4H3/b17-11-. The second kappa shape index (κ2) is 7.97. The van der Waals surface area contributed by atoms with Gasteiger partial charge in [0.1, 0.15) is 34.0 Å². The number of hydrogen-bond donors (Lipinski definition) is 4. The number of fused-ring (bicyclic) bond motifs is 3. The number of nitro benzene ring substituents is 1. The Morgan fingerprint density at radius 3 is 2.31 bits per heavy atom. The number of carbonyl (C=O) groups is 3. The Bertz CT molecular complexity index is 1410. The van der Waals surface area contributed by atoms with Gasteiger partial charge in [-0.1, -0.05) is 0 Å². The van der Waals surface area contributed by atoms with Crippen molar-refractivity contribution in [2.45, 2.75) is 33.1 Å². The summed E-state index contributed by atoms with van der Waals surface area (Å²) in [4.78, 5) is 49.1. The number of rotatable bonds is 5. The van der Waals surface area contributed by atoms with E-state index in [2.05, 4.69) is 10.9 Å². The lowest BCUT2D eigenvalue weighted by atomic mass is 9.70. The van der Waals surface area contributed by atoms with E-state index in [1.54, 1.807) is 0 Å². The summed E-state index contributed by atoms with van der Waals surface area (Å²) in [6, 6.07) is 5.48. The van der Waals surface area contributed by atoms with Crippen LogP contribution in [0.2, 0.25) is 0 Å². The highest BCUT2D eigenvalue weighted by molar-refractivity contribution is 6.31. The molecular weight excluding hydrogens is 458 g/mol. The predicted octanol–water partition coefficient (Wildman–Crippen LogP) is 3.09. The number of ether oxygens (including phenoxy) is 1. The Morgan fingerprint density at radius 2 is 1.74 bits per heavy atom. The van der Waals surface area contributed by atoms with Crippen molar-refractivity contribution in [2.75, 3.05) is 5.43 Å². The molecular formula is C24H21N3O8. The Balaban J connectivity index is 1.76. The Hall–Kier alpha value is -4.67. The minimum Gasteiger partial charge on any atom is -0.507 e. The van der Waals surface area contributed by atoms with Crippen LogP contribution in [-0.4, -0.2) is 32.5 Å². The number of nitrogens with zero attached hydrogens (tertiary/aromatic N) is 1. The van der Waals surface area contributed by atoms with Gasteiger partial charge in [0, 0.05) is 29.5 Å². The van der Waals surface area contributed by atoms with Gasteiger partial charge in [0.05, 0.1) is 21.7 Å². The van der Waals surface area contributed by atoms with Crippen LogP contribution in [0.4, 0.5) is 11.4 Å². The molecule has 0 aromatic heterocycles. The Kier molecular flexibility index (Phi) is 5.35. The monoisotopic (exact) mass is 479 g/mol. The van der Waals surface area contributed by atoms with E-state index in [1.165, 1.54) is 52.0 Å². The van der Waals surface area contributed by atoms with E-state index in [9.17, 15) is 34.7 Å². The molecule has 1 atom stereocenters. The summed E-state index contributed by atoms with van der Waals surface area (Å²) < 4.78 is 5.72. The van der Waals surface area contributed by atoms with Crippen LogP contribution in [0.3, 0.4) is 0 Å². The maximum atomic E-state index is 13.7. The van der Waals surface area contributed by atoms with E-state index in [4.69, 9.17) is 4.74 Å². The quantitative estimate of drug-likeness (QED) is 0.164. The third kappa shape index (κ3) is 3.39. The number of allylic oxidation sites excluding steroid dienone is 4. The molecule has 0 radical (unpaired) electrons. The first-order valence-electron chi connectivity index (χ1n) is 10.5. The second-order valence-electron chi connectivity index (χ2n) is 8.44. The van der Waals surface area contributed by atoms with Gasteiger partial charge in [-0.25, -0.2) is 0 Å². The molecule has 0 amide bonds. The molecule has 2 aromatic carbocycles. The fraction of sp³-hybridized carbons (Fsp3) is 0.208. The Morgan fingerprint density at radius 1 is 1.11 bits per heavy atom. The van der Waals surface area contributed by atoms with Gasteiger partial charge in [-0.05, 0) is 39.8 Å². The molecule has 1 heterocycles. The van der Waals surface area contributed by atoms with Crippen LogP contribution < -0.4 is 15.6 Å². The molecule has 180 valence electrons. The van der Waals surface area contributed by atoms with Gasteiger partial charge in [0.15, 0.2) is 17.3 Å². The van der Waals surface area contributed by atoms with Crippen LogP contribution in [-0.2, 0) is 15.0 Å². The topological polar surface area (TPSA) is 168 Å². The van der Waals surface area contributed by atoms with Crippen LogP contribution in [0.5, 0.6) is 17.2 Å². The zero-order valence-electron chi connectivity index (χ0n) is 19.2. The molecule has 2 aromatic rings. The van der Waals surface area contributed by atoms with E-state index in [0.717, 1.165) is 6.08 Å². The number of ketones is 3. The molecule has 0 saturated heterocycles. The average Bonchev–Trinajstić information content (AvgIpc) is 3.09. The van der Waals surface area contributed by atoms with Gasteiger partial charge in [-0.2, -0.15) is 0 Å². The fourth-order valence-corrected chi connectivity index (χ4v) is 4.26. The molecule has 0 spiro atoms. The summed E-state index contributed by atoms with van der Waals surface area (Å²) in [5, 5.41) is 32.0. The van der Waals surface area contributed by atoms with E-state index in [-0.39, 0.29) is 45.2 Å². The van der Waals surface area contributed by atoms with Crippen LogP contribution in [0.1, 0.15) is 42.3 Å². The molecule has 0 bridgehead atoms. The zero-order valence-corrected chi connectivity index (χ0v) is 19.2. The highest BCUT2D eigenvalue weighted by Gasteiger charge is 2.56. The maximum absolute atomic E-state index is 13.7. The van der Waals surface area contributed by atoms with E-state index in [1.807, 2.05) is 0 Å². The number of anilines is 1. The molecule has 1 aliphatic carbocycles. The van der Waals surface area contributed by atoms with Gasteiger partial charge in [0.25, 0.3) is 5.69 Å². The molecule has 0 fully saturated rings. The molecule has 35 heavy (non-hydrogen) atoms. The second-order valence-corrected chi connectivity index (χ2v) is 8.44. The zero-order chi connectivity index (χ0) is 25.8. The first kappa shape index (κ1) is 23.5. The third-order valence-electron chi connectivity index (χ3n) is 6.23. The number of nitrogens with one attached hydrogen (secondary N) is 2. The molecule has 11 nitrogen and oxygen atoms in total. The van der Waals surface area contributed by atoms with Gasteiger partial charge in [-0.15, -0.1) is 0 Å². The number of benzene rings is 2. The largest absolute Gasteiger partial charge is 0.507 e. The summed E-state index contributed by atoms with van der Waals surface area (Å²) in [7, 11) is 0. The first-order valence-corrected chi connectivity index (χ1v) is 10.5. The van der Waals surface area contributed by atoms with Crippen molar-refractivity contribution < 1.29 is 34.3 Å². The number of carbonyl (C=O) groups excluding carboxylic acids is 3. The van der Waals surface area contributed by atoms with Crippen molar-refractivity contribution in [3.05, 3.63) is 74.2 Å².